The quantitative estimate of drug-likeness (QED) is 0.168. The summed E-state index contributed by atoms with van der Waals surface area (Å²) >= 11 is 0. The molecule has 0 saturated carbocycles. The van der Waals surface area contributed by atoms with E-state index in [-0.39, 0.29) is 5.41 Å². The smallest absolute Gasteiger partial charge is 0.244 e. The highest BCUT2D eigenvalue weighted by molar-refractivity contribution is 6.12. The van der Waals surface area contributed by atoms with Crippen molar-refractivity contribution in [3.8, 4) is 29.1 Å². The standard InChI is InChI=1S/C36H29N5O/c1-36(2,3)25-16-17-38-34(19-25)41-30-13-6-5-12-29(30)35-24(22-37)18-28(21-33(35)41)42-27-11-9-10-26(20-27)40-23-39(4)31-14-7-8-15-32(31)40/h5-21H,1-4H3. The first-order chi connectivity index (χ1) is 20.3. The van der Waals surface area contributed by atoms with Crippen molar-refractivity contribution in [3.63, 3.8) is 0 Å². The second-order valence-electron chi connectivity index (χ2n) is 11.6. The number of rotatable bonds is 4. The molecule has 204 valence electrons. The van der Waals surface area contributed by atoms with Gasteiger partial charge in [0.25, 0.3) is 0 Å². The molecule has 7 aromatic rings. The van der Waals surface area contributed by atoms with Crippen molar-refractivity contribution >= 4 is 32.8 Å². The monoisotopic (exact) mass is 547 g/mol. The highest BCUT2D eigenvalue weighted by Gasteiger charge is 2.20. The molecule has 0 N–H and O–H groups in total. The Bertz CT molecular complexity index is 2190. The maximum absolute atomic E-state index is 10.3. The van der Waals surface area contributed by atoms with Crippen molar-refractivity contribution in [3.05, 3.63) is 121 Å². The van der Waals surface area contributed by atoms with E-state index in [1.54, 1.807) is 0 Å². The van der Waals surface area contributed by atoms with Gasteiger partial charge in [0.05, 0.1) is 46.4 Å². The Balaban J connectivity index is 1.38. The Labute approximate surface area is 244 Å². The Morgan fingerprint density at radius 1 is 0.833 bits per heavy atom. The SMILES string of the molecule is Cn1[c-][n+](-c2cccc(Oc3cc(C#N)c4c5ccccc5n(-c5cc(C(C)(C)C)ccn5)c4c3)c2)c2ccccc21. The van der Waals surface area contributed by atoms with Gasteiger partial charge in [-0.05, 0) is 47.4 Å². The van der Waals surface area contributed by atoms with Crippen LogP contribution in [0.25, 0.3) is 44.3 Å². The highest BCUT2D eigenvalue weighted by atomic mass is 16.5. The first-order valence-electron chi connectivity index (χ1n) is 13.9. The third-order valence-corrected chi connectivity index (χ3v) is 7.75. The van der Waals surface area contributed by atoms with Gasteiger partial charge >= 0.3 is 0 Å². The van der Waals surface area contributed by atoms with E-state index in [9.17, 15) is 5.26 Å². The number of nitrogens with zero attached hydrogens (tertiary/aromatic N) is 5. The molecule has 6 nitrogen and oxygen atoms in total. The van der Waals surface area contributed by atoms with Crippen LogP contribution in [0.3, 0.4) is 0 Å². The lowest BCUT2D eigenvalue weighted by Gasteiger charge is -2.20. The lowest BCUT2D eigenvalue weighted by Crippen LogP contribution is -2.29. The zero-order valence-electron chi connectivity index (χ0n) is 24.0. The maximum atomic E-state index is 10.3. The lowest BCUT2D eigenvalue weighted by atomic mass is 9.88. The number of hydrogen-bond donors (Lipinski definition) is 0. The van der Waals surface area contributed by atoms with Crippen LogP contribution in [0.15, 0.2) is 103 Å². The minimum atomic E-state index is -0.0347. The molecule has 0 aliphatic rings. The molecular weight excluding hydrogens is 518 g/mol. The number of hydrogen-bond acceptors (Lipinski definition) is 3. The molecule has 42 heavy (non-hydrogen) atoms. The van der Waals surface area contributed by atoms with E-state index in [1.165, 1.54) is 5.56 Å². The van der Waals surface area contributed by atoms with Crippen LogP contribution in [0.5, 0.6) is 11.5 Å². The Hall–Kier alpha value is -5.41. The summed E-state index contributed by atoms with van der Waals surface area (Å²) in [7, 11) is 1.99. The summed E-state index contributed by atoms with van der Waals surface area (Å²) in [4.78, 5) is 4.77. The predicted molar refractivity (Wildman–Crippen MR) is 165 cm³/mol. The number of aryl methyl sites for hydroxylation is 1. The molecule has 0 bridgehead atoms. The molecule has 0 unspecified atom stereocenters. The molecule has 0 spiro atoms. The minimum Gasteiger partial charge on any atom is -0.458 e. The van der Waals surface area contributed by atoms with Gasteiger partial charge in [-0.2, -0.15) is 5.26 Å². The van der Waals surface area contributed by atoms with Crippen LogP contribution in [-0.2, 0) is 12.5 Å². The summed E-state index contributed by atoms with van der Waals surface area (Å²) in [6.45, 7) is 6.58. The van der Waals surface area contributed by atoms with Gasteiger partial charge in [-0.1, -0.05) is 75.4 Å². The van der Waals surface area contributed by atoms with E-state index in [0.29, 0.717) is 17.1 Å². The van der Waals surface area contributed by atoms with Gasteiger partial charge in [-0.25, -0.2) is 4.98 Å². The van der Waals surface area contributed by atoms with E-state index in [1.807, 2.05) is 83.0 Å². The van der Waals surface area contributed by atoms with Crippen molar-refractivity contribution in [2.75, 3.05) is 0 Å². The fourth-order valence-electron chi connectivity index (χ4n) is 5.68. The van der Waals surface area contributed by atoms with E-state index in [0.717, 1.165) is 44.3 Å². The molecule has 6 heteroatoms. The van der Waals surface area contributed by atoms with Crippen LogP contribution in [0, 0.1) is 17.7 Å². The topological polar surface area (TPSA) is 59.6 Å². The third-order valence-electron chi connectivity index (χ3n) is 7.75. The number of pyridine rings is 1. The molecule has 7 rings (SSSR count). The van der Waals surface area contributed by atoms with Crippen molar-refractivity contribution in [2.45, 2.75) is 26.2 Å². The summed E-state index contributed by atoms with van der Waals surface area (Å²) in [6, 6.07) is 34.7. The second kappa shape index (κ2) is 9.60. The van der Waals surface area contributed by atoms with Crippen molar-refractivity contribution in [2.24, 2.45) is 7.05 Å². The highest BCUT2D eigenvalue weighted by Crippen LogP contribution is 2.38. The zero-order valence-corrected chi connectivity index (χ0v) is 24.0. The fourth-order valence-corrected chi connectivity index (χ4v) is 5.68. The number of nitriles is 1. The van der Waals surface area contributed by atoms with Crippen LogP contribution in [0.1, 0.15) is 31.9 Å². The molecule has 0 saturated heterocycles. The maximum Gasteiger partial charge on any atom is 0.244 e. The van der Waals surface area contributed by atoms with Gasteiger partial charge in [-0.3, -0.25) is 4.57 Å². The molecule has 3 heterocycles. The van der Waals surface area contributed by atoms with E-state index < -0.39 is 0 Å². The number of benzene rings is 4. The van der Waals surface area contributed by atoms with Crippen molar-refractivity contribution < 1.29 is 9.30 Å². The molecular formula is C36H29N5O. The minimum absolute atomic E-state index is 0.0347. The van der Waals surface area contributed by atoms with E-state index >= 15 is 0 Å². The van der Waals surface area contributed by atoms with Gasteiger partial charge in [0.2, 0.25) is 6.33 Å². The molecule has 0 aliphatic carbocycles. The molecule has 0 atom stereocenters. The second-order valence-corrected chi connectivity index (χ2v) is 11.6. The number of ether oxygens (including phenoxy) is 1. The van der Waals surface area contributed by atoms with Crippen LogP contribution < -0.4 is 9.30 Å². The van der Waals surface area contributed by atoms with Crippen molar-refractivity contribution in [1.29, 1.82) is 5.26 Å². The first kappa shape index (κ1) is 25.6. The normalized spacial score (nSPS) is 11.8. The molecule has 0 amide bonds. The van der Waals surface area contributed by atoms with Crippen LogP contribution in [0.4, 0.5) is 0 Å². The lowest BCUT2D eigenvalue weighted by molar-refractivity contribution is -0.572. The number of fused-ring (bicyclic) bond motifs is 4. The third kappa shape index (κ3) is 4.18. The van der Waals surface area contributed by atoms with Gasteiger partial charge in [0, 0.05) is 23.0 Å². The number of para-hydroxylation sites is 3. The fraction of sp³-hybridized carbons (Fsp3) is 0.139. The van der Waals surface area contributed by atoms with Crippen LogP contribution in [0.2, 0.25) is 0 Å². The summed E-state index contributed by atoms with van der Waals surface area (Å²) in [5, 5.41) is 12.2. The Kier molecular flexibility index (Phi) is 5.84. The average Bonchev–Trinajstić information content (AvgIpc) is 3.51. The first-order valence-corrected chi connectivity index (χ1v) is 13.9. The van der Waals surface area contributed by atoms with E-state index in [4.69, 9.17) is 9.72 Å². The molecule has 4 aromatic carbocycles. The van der Waals surface area contributed by atoms with Gasteiger partial charge in [0.1, 0.15) is 17.3 Å². The summed E-state index contributed by atoms with van der Waals surface area (Å²) in [6.07, 6.45) is 5.24. The Morgan fingerprint density at radius 3 is 2.43 bits per heavy atom. The summed E-state index contributed by atoms with van der Waals surface area (Å²) in [5.74, 6) is 2.05. The molecule has 3 aromatic heterocycles. The largest absolute Gasteiger partial charge is 0.458 e. The van der Waals surface area contributed by atoms with Gasteiger partial charge in [-0.15, -0.1) is 0 Å². The van der Waals surface area contributed by atoms with Crippen LogP contribution >= 0.6 is 0 Å². The number of imidazole rings is 1. The average molecular weight is 548 g/mol. The molecule has 0 radical (unpaired) electrons. The van der Waals surface area contributed by atoms with E-state index in [2.05, 4.69) is 74.1 Å². The molecule has 0 fully saturated rings. The predicted octanol–water partition coefficient (Wildman–Crippen LogP) is 7.71. The van der Waals surface area contributed by atoms with Gasteiger partial charge < -0.3 is 13.9 Å². The zero-order chi connectivity index (χ0) is 29.0. The summed E-state index contributed by atoms with van der Waals surface area (Å²) < 4.78 is 12.6. The van der Waals surface area contributed by atoms with Crippen LogP contribution in [-0.4, -0.2) is 14.1 Å². The number of aromatic nitrogens is 4. The van der Waals surface area contributed by atoms with Crippen molar-refractivity contribution in [1.82, 2.24) is 14.1 Å². The molecule has 0 aliphatic heterocycles. The summed E-state index contributed by atoms with van der Waals surface area (Å²) in [5.41, 5.74) is 6.64. The Morgan fingerprint density at radius 2 is 1.62 bits per heavy atom. The van der Waals surface area contributed by atoms with Gasteiger partial charge in [0.15, 0.2) is 0 Å².